The maximum absolute atomic E-state index is 4.44. The van der Waals surface area contributed by atoms with E-state index in [1.54, 1.807) is 0 Å². The van der Waals surface area contributed by atoms with Gasteiger partial charge in [0.1, 0.15) is 0 Å². The van der Waals surface area contributed by atoms with Crippen molar-refractivity contribution in [2.45, 2.75) is 77.4 Å². The standard InChI is InChI=1S/C20H36N2.Y/c1-14-7-5-6-8-18(14)12-19-11-15(2)22(17(4)16(19)3)20-9-10-21-13-20;/h12,14-21H,1,5-11,13H2,2-4H3;/q-2;. The van der Waals surface area contributed by atoms with Crippen molar-refractivity contribution in [3.8, 4) is 0 Å². The molecule has 2 nitrogen and oxygen atoms in total. The van der Waals surface area contributed by atoms with Crippen LogP contribution in [0.25, 0.3) is 0 Å². The summed E-state index contributed by atoms with van der Waals surface area (Å²) < 4.78 is 0. The Bertz CT molecular complexity index is 356. The normalized spacial score (nSPS) is 45.7. The molecule has 0 amide bonds. The van der Waals surface area contributed by atoms with Gasteiger partial charge in [-0.15, -0.1) is 0 Å². The number of piperidine rings is 1. The van der Waals surface area contributed by atoms with Crippen LogP contribution in [0.15, 0.2) is 0 Å². The molecule has 3 heteroatoms. The molecule has 1 radical (unpaired) electrons. The monoisotopic (exact) mass is 393 g/mol. The van der Waals surface area contributed by atoms with Gasteiger partial charge < -0.3 is 18.7 Å². The molecule has 1 N–H and O–H groups in total. The van der Waals surface area contributed by atoms with E-state index in [0.29, 0.717) is 12.0 Å². The zero-order chi connectivity index (χ0) is 15.7. The van der Waals surface area contributed by atoms with Gasteiger partial charge in [-0.3, -0.25) is 4.90 Å². The van der Waals surface area contributed by atoms with E-state index >= 15 is 0 Å². The summed E-state index contributed by atoms with van der Waals surface area (Å²) >= 11 is 0. The summed E-state index contributed by atoms with van der Waals surface area (Å²) in [5.74, 6) is 3.03. The van der Waals surface area contributed by atoms with E-state index in [1.807, 2.05) is 0 Å². The minimum atomic E-state index is 0. The van der Waals surface area contributed by atoms with E-state index in [4.69, 9.17) is 0 Å². The summed E-state index contributed by atoms with van der Waals surface area (Å²) in [4.78, 5) is 2.83. The summed E-state index contributed by atoms with van der Waals surface area (Å²) in [6.07, 6.45) is 11.0. The molecule has 1 saturated carbocycles. The van der Waals surface area contributed by atoms with Crippen LogP contribution < -0.4 is 5.32 Å². The van der Waals surface area contributed by atoms with Crippen molar-refractivity contribution in [1.29, 1.82) is 0 Å². The van der Waals surface area contributed by atoms with Gasteiger partial charge in [0.05, 0.1) is 0 Å². The van der Waals surface area contributed by atoms with Crippen LogP contribution in [0.4, 0.5) is 0 Å². The fraction of sp³-hybridized carbons (Fsp3) is 0.900. The van der Waals surface area contributed by atoms with E-state index in [9.17, 15) is 0 Å². The second-order valence-electron chi connectivity index (χ2n) is 8.34. The molecule has 23 heavy (non-hydrogen) atoms. The number of nitrogens with one attached hydrogen (secondary N) is 1. The SMILES string of the molecule is [CH2-]C1CCCCC1[CH-]C1CC(C)N(C2CCNC2)C(C)C1C.[Y]. The average molecular weight is 393 g/mol. The van der Waals surface area contributed by atoms with Crippen LogP contribution in [-0.4, -0.2) is 36.1 Å². The Balaban J connectivity index is 0.00000192. The van der Waals surface area contributed by atoms with Crippen LogP contribution in [0.3, 0.4) is 0 Å². The number of hydrogen-bond donors (Lipinski definition) is 1. The molecule has 0 aromatic rings. The summed E-state index contributed by atoms with van der Waals surface area (Å²) in [7, 11) is 0. The van der Waals surface area contributed by atoms with E-state index in [0.717, 1.165) is 29.8 Å². The Hall–Kier alpha value is 1.02. The third kappa shape index (κ3) is 4.60. The molecule has 7 unspecified atom stereocenters. The van der Waals surface area contributed by atoms with Crippen molar-refractivity contribution < 1.29 is 32.7 Å². The largest absolute Gasteiger partial charge is 0.342 e. The fourth-order valence-electron chi connectivity index (χ4n) is 5.41. The van der Waals surface area contributed by atoms with Crippen LogP contribution >= 0.6 is 0 Å². The Labute approximate surface area is 169 Å². The zero-order valence-electron chi connectivity index (χ0n) is 15.5. The van der Waals surface area contributed by atoms with Gasteiger partial charge in [0.25, 0.3) is 0 Å². The van der Waals surface area contributed by atoms with E-state index in [2.05, 4.69) is 44.3 Å². The molecule has 131 valence electrons. The van der Waals surface area contributed by atoms with Crippen molar-refractivity contribution in [2.24, 2.45) is 23.7 Å². The number of nitrogens with zero attached hydrogens (tertiary/aromatic N) is 1. The number of hydrogen-bond acceptors (Lipinski definition) is 2. The van der Waals surface area contributed by atoms with Crippen molar-refractivity contribution >= 4 is 0 Å². The average Bonchev–Trinajstić information content (AvgIpc) is 3.01. The maximum Gasteiger partial charge on any atom is 0.0238 e. The first-order chi connectivity index (χ1) is 10.6. The molecule has 3 fully saturated rings. The second-order valence-corrected chi connectivity index (χ2v) is 8.34. The van der Waals surface area contributed by atoms with E-state index < -0.39 is 0 Å². The molecular weight excluding hydrogens is 357 g/mol. The molecule has 0 aromatic carbocycles. The molecule has 0 bridgehead atoms. The molecule has 0 spiro atoms. The third-order valence-corrected chi connectivity index (χ3v) is 6.95. The Morgan fingerprint density at radius 2 is 1.78 bits per heavy atom. The molecular formula is C20H36N2Y-2. The van der Waals surface area contributed by atoms with Gasteiger partial charge in [0, 0.05) is 57.4 Å². The maximum atomic E-state index is 4.44. The van der Waals surface area contributed by atoms with Crippen molar-refractivity contribution in [3.05, 3.63) is 13.3 Å². The Morgan fingerprint density at radius 3 is 2.43 bits per heavy atom. The van der Waals surface area contributed by atoms with Crippen LogP contribution in [0.5, 0.6) is 0 Å². The third-order valence-electron chi connectivity index (χ3n) is 6.95. The first kappa shape index (κ1) is 20.3. The van der Waals surface area contributed by atoms with Crippen LogP contribution in [0.2, 0.25) is 0 Å². The second kappa shape index (κ2) is 9.10. The van der Waals surface area contributed by atoms with Gasteiger partial charge in [0.2, 0.25) is 0 Å². The molecule has 2 saturated heterocycles. The summed E-state index contributed by atoms with van der Waals surface area (Å²) in [6.45, 7) is 14.3. The summed E-state index contributed by atoms with van der Waals surface area (Å²) in [5, 5.41) is 3.55. The molecule has 2 aliphatic heterocycles. The Morgan fingerprint density at radius 1 is 1.04 bits per heavy atom. The molecule has 3 aliphatic rings. The van der Waals surface area contributed by atoms with Crippen molar-refractivity contribution in [1.82, 2.24) is 10.2 Å². The van der Waals surface area contributed by atoms with Gasteiger partial charge in [-0.1, -0.05) is 44.9 Å². The minimum absolute atomic E-state index is 0. The van der Waals surface area contributed by atoms with Gasteiger partial charge in [-0.2, -0.15) is 17.8 Å². The van der Waals surface area contributed by atoms with Crippen LogP contribution in [0.1, 0.15) is 59.3 Å². The predicted molar refractivity (Wildman–Crippen MR) is 94.4 cm³/mol. The summed E-state index contributed by atoms with van der Waals surface area (Å²) in [6, 6.07) is 2.20. The van der Waals surface area contributed by atoms with E-state index in [-0.39, 0.29) is 32.7 Å². The predicted octanol–water partition coefficient (Wildman–Crippen LogP) is 3.93. The minimum Gasteiger partial charge on any atom is -0.342 e. The number of likely N-dealkylation sites (tertiary alicyclic amines) is 1. The van der Waals surface area contributed by atoms with Crippen LogP contribution in [0, 0.1) is 37.0 Å². The molecule has 7 atom stereocenters. The Kier molecular flexibility index (Phi) is 8.05. The fourth-order valence-corrected chi connectivity index (χ4v) is 5.41. The van der Waals surface area contributed by atoms with Gasteiger partial charge in [-0.25, -0.2) is 0 Å². The van der Waals surface area contributed by atoms with Gasteiger partial charge in [0.15, 0.2) is 0 Å². The summed E-state index contributed by atoms with van der Waals surface area (Å²) in [5.41, 5.74) is 0. The smallest absolute Gasteiger partial charge is 0.0238 e. The van der Waals surface area contributed by atoms with Crippen molar-refractivity contribution in [3.63, 3.8) is 0 Å². The van der Waals surface area contributed by atoms with Crippen molar-refractivity contribution in [2.75, 3.05) is 13.1 Å². The molecule has 0 aromatic heterocycles. The molecule has 2 heterocycles. The molecule has 1 aliphatic carbocycles. The first-order valence-electron chi connectivity index (χ1n) is 9.74. The van der Waals surface area contributed by atoms with Crippen LogP contribution in [-0.2, 0) is 32.7 Å². The topological polar surface area (TPSA) is 15.3 Å². The van der Waals surface area contributed by atoms with Gasteiger partial charge in [-0.05, 0) is 26.8 Å². The van der Waals surface area contributed by atoms with Gasteiger partial charge >= 0.3 is 0 Å². The zero-order valence-corrected chi connectivity index (χ0v) is 18.3. The van der Waals surface area contributed by atoms with E-state index in [1.165, 1.54) is 51.6 Å². The number of rotatable bonds is 3. The molecule has 3 rings (SSSR count). The first-order valence-corrected chi connectivity index (χ1v) is 9.74. The quantitative estimate of drug-likeness (QED) is 0.731.